The minimum Gasteiger partial charge on any atom is -0.796 e. The van der Waals surface area contributed by atoms with Crippen molar-refractivity contribution >= 4 is 38.0 Å². The summed E-state index contributed by atoms with van der Waals surface area (Å²) in [6, 6.07) is 25.5. The predicted octanol–water partition coefficient (Wildman–Crippen LogP) is 2.91. The first kappa shape index (κ1) is 33.6. The second-order valence-electron chi connectivity index (χ2n) is 6.98. The minimum atomic E-state index is -3.28. The van der Waals surface area contributed by atoms with Gasteiger partial charge >= 0.3 is 41.7 Å². The Bertz CT molecular complexity index is 954. The van der Waals surface area contributed by atoms with E-state index in [1.54, 1.807) is 112 Å². The Morgan fingerprint density at radius 3 is 0.794 bits per heavy atom. The van der Waals surface area contributed by atoms with Crippen molar-refractivity contribution in [1.82, 2.24) is 0 Å². The number of rotatable bonds is 6. The van der Waals surface area contributed by atoms with Gasteiger partial charge in [-0.25, -0.2) is 0 Å². The summed E-state index contributed by atoms with van der Waals surface area (Å²) in [6.45, 7) is 4.96. The van der Waals surface area contributed by atoms with Gasteiger partial charge < -0.3 is 28.4 Å². The van der Waals surface area contributed by atoms with E-state index < -0.39 is 22.1 Å². The maximum absolute atomic E-state index is 11.2. The third-order valence-electron chi connectivity index (χ3n) is 4.70. The fraction of sp³-hybridized carbons (Fsp3) is 0.250. The van der Waals surface area contributed by atoms with Gasteiger partial charge in [0.15, 0.2) is 0 Å². The molecule has 3 aromatic rings. The van der Waals surface area contributed by atoms with Crippen molar-refractivity contribution in [3.05, 3.63) is 91.0 Å². The third kappa shape index (κ3) is 11.6. The third-order valence-corrected chi connectivity index (χ3v) is 10.5. The molecular formula is C24H30CeO6P3. The smallest absolute Gasteiger partial charge is 0.796 e. The zero-order valence-corrected chi connectivity index (χ0v) is 25.4. The van der Waals surface area contributed by atoms with Gasteiger partial charge in [-0.1, -0.05) is 112 Å². The van der Waals surface area contributed by atoms with E-state index in [9.17, 15) is 28.4 Å². The van der Waals surface area contributed by atoms with Crippen LogP contribution in [-0.2, 0) is 13.7 Å². The topological polar surface area (TPSA) is 120 Å². The van der Waals surface area contributed by atoms with E-state index in [4.69, 9.17) is 0 Å². The molecule has 181 valence electrons. The Balaban J connectivity index is 0.000000473. The van der Waals surface area contributed by atoms with Gasteiger partial charge in [0.05, 0.1) is 0 Å². The maximum atomic E-state index is 11.2. The van der Waals surface area contributed by atoms with E-state index in [1.165, 1.54) is 0 Å². The molecular weight excluding hydrogens is 617 g/mol. The normalized spacial score (nSPS) is 15.4. The molecule has 3 aromatic carbocycles. The van der Waals surface area contributed by atoms with Crippen LogP contribution in [0.4, 0.5) is 0 Å². The molecule has 10 heteroatoms. The monoisotopic (exact) mass is 647 g/mol. The second-order valence-corrected chi connectivity index (χ2v) is 14.5. The Hall–Kier alpha value is -0.393. The van der Waals surface area contributed by atoms with Crippen LogP contribution in [0.3, 0.4) is 0 Å². The first-order valence-corrected chi connectivity index (χ1v) is 16.0. The molecule has 3 rings (SSSR count). The molecule has 3 unspecified atom stereocenters. The van der Waals surface area contributed by atoms with Gasteiger partial charge in [-0.05, 0) is 34.4 Å². The summed E-state index contributed by atoms with van der Waals surface area (Å²) in [6.07, 6.45) is 0.574. The van der Waals surface area contributed by atoms with Gasteiger partial charge in [0, 0.05) is 22.1 Å². The summed E-state index contributed by atoms with van der Waals surface area (Å²) in [7, 11) is -9.83. The van der Waals surface area contributed by atoms with E-state index >= 15 is 0 Å². The minimum absolute atomic E-state index is 0. The molecule has 0 heterocycles. The van der Waals surface area contributed by atoms with Crippen LogP contribution in [0.5, 0.6) is 0 Å². The van der Waals surface area contributed by atoms with Gasteiger partial charge in [0.2, 0.25) is 0 Å². The second kappa shape index (κ2) is 16.4. The number of hydrogen-bond donors (Lipinski definition) is 0. The van der Waals surface area contributed by atoms with Gasteiger partial charge in [-0.2, -0.15) is 0 Å². The van der Waals surface area contributed by atoms with Crippen LogP contribution in [0.1, 0.15) is 20.8 Å². The van der Waals surface area contributed by atoms with Gasteiger partial charge in [-0.3, -0.25) is 0 Å². The first-order valence-electron chi connectivity index (χ1n) is 10.6. The zero-order valence-electron chi connectivity index (χ0n) is 19.6. The van der Waals surface area contributed by atoms with Crippen LogP contribution < -0.4 is 30.6 Å². The van der Waals surface area contributed by atoms with E-state index in [1.807, 2.05) is 0 Å². The summed E-state index contributed by atoms with van der Waals surface area (Å²) in [5, 5.41) is 1.30. The van der Waals surface area contributed by atoms with Crippen LogP contribution in [-0.4, -0.2) is 18.5 Å². The van der Waals surface area contributed by atoms with Crippen molar-refractivity contribution in [3.63, 3.8) is 0 Å². The summed E-state index contributed by atoms with van der Waals surface area (Å²) in [5.74, 6) is 0. The van der Waals surface area contributed by atoms with Gasteiger partial charge in [0.1, 0.15) is 0 Å². The number of benzene rings is 3. The van der Waals surface area contributed by atoms with Crippen LogP contribution in [0.25, 0.3) is 0 Å². The van der Waals surface area contributed by atoms with Gasteiger partial charge in [-0.15, -0.1) is 0 Å². The molecule has 0 aliphatic heterocycles. The number of hydrogen-bond acceptors (Lipinski definition) is 6. The molecule has 6 nitrogen and oxygen atoms in total. The van der Waals surface area contributed by atoms with Crippen molar-refractivity contribution in [2.45, 2.75) is 20.8 Å². The van der Waals surface area contributed by atoms with Crippen LogP contribution >= 0.6 is 22.1 Å². The molecule has 0 fully saturated rings. The molecule has 0 N–H and O–H groups in total. The summed E-state index contributed by atoms with van der Waals surface area (Å²) < 4.78 is 33.7. The van der Waals surface area contributed by atoms with Crippen molar-refractivity contribution < 1.29 is 70.1 Å². The molecule has 0 amide bonds. The molecule has 0 aromatic heterocycles. The quantitative estimate of drug-likeness (QED) is 0.380. The molecule has 0 aliphatic rings. The molecule has 1 radical (unpaired) electrons. The fourth-order valence-electron chi connectivity index (χ4n) is 2.51. The Kier molecular flexibility index (Phi) is 16.2. The van der Waals surface area contributed by atoms with Crippen molar-refractivity contribution in [2.75, 3.05) is 18.5 Å². The predicted molar refractivity (Wildman–Crippen MR) is 133 cm³/mol. The van der Waals surface area contributed by atoms with Crippen LogP contribution in [0.2, 0.25) is 0 Å². The molecule has 0 bridgehead atoms. The van der Waals surface area contributed by atoms with E-state index in [0.29, 0.717) is 15.9 Å². The van der Waals surface area contributed by atoms with Crippen molar-refractivity contribution in [2.24, 2.45) is 0 Å². The average molecular weight is 648 g/mol. The van der Waals surface area contributed by atoms with Crippen LogP contribution in [0, 0.1) is 41.7 Å². The maximum Gasteiger partial charge on any atom is 3.00 e. The molecule has 0 saturated heterocycles. The molecule has 0 saturated carbocycles. The average Bonchev–Trinajstić information content (AvgIpc) is 2.86. The summed E-state index contributed by atoms with van der Waals surface area (Å²) in [5.41, 5.74) is 0. The van der Waals surface area contributed by atoms with E-state index in [2.05, 4.69) is 0 Å². The fourth-order valence-corrected chi connectivity index (χ4v) is 5.49. The summed E-state index contributed by atoms with van der Waals surface area (Å²) in [4.78, 5) is 33.7. The van der Waals surface area contributed by atoms with Crippen molar-refractivity contribution in [1.29, 1.82) is 0 Å². The molecule has 3 atom stereocenters. The zero-order chi connectivity index (χ0) is 25.0. The standard InChI is InChI=1S/3C8H11O2P.Ce/c3*1-2-11(9,10)8-6-4-3-5-7-8;/h3*3-7H,2H2,1H3,(H,9,10);/q;;;+3/p-3. The molecule has 0 spiro atoms. The Morgan fingerprint density at radius 2 is 0.647 bits per heavy atom. The Morgan fingerprint density at radius 1 is 0.471 bits per heavy atom. The van der Waals surface area contributed by atoms with Crippen molar-refractivity contribution in [3.8, 4) is 0 Å². The first-order chi connectivity index (χ1) is 15.5. The van der Waals surface area contributed by atoms with E-state index in [-0.39, 0.29) is 60.2 Å². The van der Waals surface area contributed by atoms with Crippen LogP contribution in [0.15, 0.2) is 91.0 Å². The molecule has 0 aliphatic carbocycles. The summed E-state index contributed by atoms with van der Waals surface area (Å²) >= 11 is 0. The van der Waals surface area contributed by atoms with Gasteiger partial charge in [0.25, 0.3) is 0 Å². The molecule has 34 heavy (non-hydrogen) atoms. The Labute approximate surface area is 236 Å². The SMILES string of the molecule is CCP(=O)([O-])c1ccccc1.CCP(=O)([O-])c1ccccc1.CCP(=O)([O-])c1ccccc1.[Ce+3]. The largest absolute Gasteiger partial charge is 3.00 e. The van der Waals surface area contributed by atoms with E-state index in [0.717, 1.165) is 0 Å².